The van der Waals surface area contributed by atoms with Crippen LogP contribution in [0.3, 0.4) is 0 Å². The predicted octanol–water partition coefficient (Wildman–Crippen LogP) is 1.36. The summed E-state index contributed by atoms with van der Waals surface area (Å²) < 4.78 is 10.4. The molecule has 0 aromatic rings. The molecule has 1 aliphatic heterocycles. The monoisotopic (exact) mass is 257 g/mol. The van der Waals surface area contributed by atoms with Gasteiger partial charge in [-0.25, -0.2) is 0 Å². The molecule has 1 amide bonds. The molecule has 1 atom stereocenters. The number of carbonyl (C=O) groups is 2. The van der Waals surface area contributed by atoms with Crippen molar-refractivity contribution in [2.24, 2.45) is 0 Å². The first-order valence-electron chi connectivity index (χ1n) is 6.72. The van der Waals surface area contributed by atoms with Crippen LogP contribution in [0.25, 0.3) is 0 Å². The van der Waals surface area contributed by atoms with E-state index in [1.165, 1.54) is 0 Å². The lowest BCUT2D eigenvalue weighted by atomic mass is 10.2. The van der Waals surface area contributed by atoms with E-state index in [1.807, 2.05) is 6.92 Å². The number of nitrogens with zero attached hydrogens (tertiary/aromatic N) is 1. The van der Waals surface area contributed by atoms with Crippen molar-refractivity contribution >= 4 is 11.9 Å². The van der Waals surface area contributed by atoms with Gasteiger partial charge in [-0.1, -0.05) is 6.92 Å². The molecule has 18 heavy (non-hydrogen) atoms. The van der Waals surface area contributed by atoms with Gasteiger partial charge in [0.25, 0.3) is 0 Å². The molecule has 0 radical (unpaired) electrons. The number of hydrogen-bond donors (Lipinski definition) is 0. The van der Waals surface area contributed by atoms with Crippen LogP contribution < -0.4 is 0 Å². The third-order valence-electron chi connectivity index (χ3n) is 2.99. The topological polar surface area (TPSA) is 55.8 Å². The number of hydrogen-bond acceptors (Lipinski definition) is 4. The first-order valence-corrected chi connectivity index (χ1v) is 6.72. The van der Waals surface area contributed by atoms with Gasteiger partial charge in [0.2, 0.25) is 5.91 Å². The zero-order chi connectivity index (χ0) is 13.4. The smallest absolute Gasteiger partial charge is 0.307 e. The maximum absolute atomic E-state index is 11.8. The van der Waals surface area contributed by atoms with Gasteiger partial charge in [0.1, 0.15) is 0 Å². The van der Waals surface area contributed by atoms with Crippen LogP contribution in [0.1, 0.15) is 39.5 Å². The van der Waals surface area contributed by atoms with Crippen molar-refractivity contribution in [1.29, 1.82) is 0 Å². The van der Waals surface area contributed by atoms with Crippen LogP contribution >= 0.6 is 0 Å². The second-order valence-corrected chi connectivity index (χ2v) is 4.38. The summed E-state index contributed by atoms with van der Waals surface area (Å²) >= 11 is 0. The van der Waals surface area contributed by atoms with Gasteiger partial charge in [-0.2, -0.15) is 0 Å². The molecule has 0 bridgehead atoms. The number of esters is 1. The minimum absolute atomic E-state index is 0.0646. The van der Waals surface area contributed by atoms with E-state index in [2.05, 4.69) is 0 Å². The highest BCUT2D eigenvalue weighted by atomic mass is 16.5. The van der Waals surface area contributed by atoms with Gasteiger partial charge in [-0.3, -0.25) is 9.59 Å². The number of rotatable bonds is 7. The minimum atomic E-state index is -0.251. The van der Waals surface area contributed by atoms with Crippen molar-refractivity contribution in [3.05, 3.63) is 0 Å². The Balaban J connectivity index is 2.39. The molecule has 0 N–H and O–H groups in total. The molecule has 0 saturated carbocycles. The molecule has 0 aliphatic carbocycles. The molecule has 0 spiro atoms. The average Bonchev–Trinajstić information content (AvgIpc) is 2.86. The molecule has 104 valence electrons. The van der Waals surface area contributed by atoms with Crippen molar-refractivity contribution in [1.82, 2.24) is 4.90 Å². The van der Waals surface area contributed by atoms with E-state index in [1.54, 1.807) is 11.8 Å². The van der Waals surface area contributed by atoms with Gasteiger partial charge in [0, 0.05) is 26.1 Å². The Morgan fingerprint density at radius 3 is 2.72 bits per heavy atom. The van der Waals surface area contributed by atoms with Crippen LogP contribution in [0.5, 0.6) is 0 Å². The lowest BCUT2D eigenvalue weighted by molar-refractivity contribution is -0.144. The van der Waals surface area contributed by atoms with Crippen LogP contribution in [0.15, 0.2) is 0 Å². The second-order valence-electron chi connectivity index (χ2n) is 4.38. The summed E-state index contributed by atoms with van der Waals surface area (Å²) in [7, 11) is 0. The minimum Gasteiger partial charge on any atom is -0.466 e. The first-order chi connectivity index (χ1) is 8.67. The van der Waals surface area contributed by atoms with Gasteiger partial charge in [-0.15, -0.1) is 0 Å². The van der Waals surface area contributed by atoms with Gasteiger partial charge < -0.3 is 14.4 Å². The predicted molar refractivity (Wildman–Crippen MR) is 67.1 cm³/mol. The SMILES string of the molecule is CCOC(=O)CCN(CC1CCCO1)C(=O)CC. The van der Waals surface area contributed by atoms with Crippen LogP contribution in [-0.4, -0.2) is 49.2 Å². The zero-order valence-corrected chi connectivity index (χ0v) is 11.3. The lowest BCUT2D eigenvalue weighted by Gasteiger charge is -2.24. The van der Waals surface area contributed by atoms with Crippen LogP contribution in [0.4, 0.5) is 0 Å². The van der Waals surface area contributed by atoms with E-state index >= 15 is 0 Å². The average molecular weight is 257 g/mol. The third-order valence-corrected chi connectivity index (χ3v) is 2.99. The Hall–Kier alpha value is -1.10. The van der Waals surface area contributed by atoms with Gasteiger partial charge in [0.15, 0.2) is 0 Å². The summed E-state index contributed by atoms with van der Waals surface area (Å²) in [6, 6.07) is 0. The quantitative estimate of drug-likeness (QED) is 0.646. The van der Waals surface area contributed by atoms with E-state index < -0.39 is 0 Å². The van der Waals surface area contributed by atoms with E-state index in [-0.39, 0.29) is 24.4 Å². The Bertz CT molecular complexity index is 274. The molecule has 5 nitrogen and oxygen atoms in total. The summed E-state index contributed by atoms with van der Waals surface area (Å²) in [4.78, 5) is 24.8. The molecule has 1 aliphatic rings. The molecular weight excluding hydrogens is 234 g/mol. The van der Waals surface area contributed by atoms with Crippen LogP contribution in [-0.2, 0) is 19.1 Å². The van der Waals surface area contributed by atoms with Gasteiger partial charge >= 0.3 is 5.97 Å². The third kappa shape index (κ3) is 5.04. The fourth-order valence-electron chi connectivity index (χ4n) is 2.03. The number of amides is 1. The van der Waals surface area contributed by atoms with E-state index in [9.17, 15) is 9.59 Å². The number of carbonyl (C=O) groups excluding carboxylic acids is 2. The molecule has 5 heteroatoms. The zero-order valence-electron chi connectivity index (χ0n) is 11.3. The fourth-order valence-corrected chi connectivity index (χ4v) is 2.03. The van der Waals surface area contributed by atoms with Crippen molar-refractivity contribution < 1.29 is 19.1 Å². The highest BCUT2D eigenvalue weighted by Crippen LogP contribution is 2.14. The normalized spacial score (nSPS) is 18.7. The van der Waals surface area contributed by atoms with E-state index in [4.69, 9.17) is 9.47 Å². The molecule has 1 fully saturated rings. The van der Waals surface area contributed by atoms with Gasteiger partial charge in [0.05, 0.1) is 19.1 Å². The van der Waals surface area contributed by atoms with E-state index in [0.717, 1.165) is 19.4 Å². The molecule has 1 unspecified atom stereocenters. The molecule has 1 saturated heterocycles. The van der Waals surface area contributed by atoms with Crippen LogP contribution in [0.2, 0.25) is 0 Å². The summed E-state index contributed by atoms with van der Waals surface area (Å²) in [5.41, 5.74) is 0. The molecular formula is C13H23NO4. The maximum Gasteiger partial charge on any atom is 0.307 e. The molecule has 1 rings (SSSR count). The van der Waals surface area contributed by atoms with Crippen molar-refractivity contribution in [2.75, 3.05) is 26.3 Å². The summed E-state index contributed by atoms with van der Waals surface area (Å²) in [5, 5.41) is 0. The summed E-state index contributed by atoms with van der Waals surface area (Å²) in [6.07, 6.45) is 2.88. The lowest BCUT2D eigenvalue weighted by Crippen LogP contribution is -2.38. The molecule has 0 aromatic heterocycles. The van der Waals surface area contributed by atoms with Gasteiger partial charge in [-0.05, 0) is 19.8 Å². The highest BCUT2D eigenvalue weighted by Gasteiger charge is 2.22. The Morgan fingerprint density at radius 2 is 2.17 bits per heavy atom. The maximum atomic E-state index is 11.8. The Labute approximate surface area is 108 Å². The summed E-state index contributed by atoms with van der Waals surface area (Å²) in [5.74, 6) is -0.187. The highest BCUT2D eigenvalue weighted by molar-refractivity contribution is 5.77. The summed E-state index contributed by atoms with van der Waals surface area (Å²) in [6.45, 7) is 5.77. The molecule has 0 aromatic carbocycles. The number of ether oxygens (including phenoxy) is 2. The molecule has 1 heterocycles. The van der Waals surface area contributed by atoms with Crippen LogP contribution in [0, 0.1) is 0 Å². The van der Waals surface area contributed by atoms with Crippen molar-refractivity contribution in [3.63, 3.8) is 0 Å². The second kappa shape index (κ2) is 8.08. The van der Waals surface area contributed by atoms with Crippen molar-refractivity contribution in [3.8, 4) is 0 Å². The first kappa shape index (κ1) is 15.0. The fraction of sp³-hybridized carbons (Fsp3) is 0.846. The Kier molecular flexibility index (Phi) is 6.72. The Morgan fingerprint density at radius 1 is 1.39 bits per heavy atom. The largest absolute Gasteiger partial charge is 0.466 e. The van der Waals surface area contributed by atoms with Crippen molar-refractivity contribution in [2.45, 2.75) is 45.6 Å². The van der Waals surface area contributed by atoms with E-state index in [0.29, 0.717) is 26.1 Å². The standard InChI is InChI=1S/C13H23NO4/c1-3-12(15)14(8-7-13(16)17-4-2)10-11-6-5-9-18-11/h11H,3-10H2,1-2H3.